The largest absolute Gasteiger partial charge is 0.480 e. The number of carboxylic acids is 1. The fraction of sp³-hybridized carbons (Fsp3) is 0.452. The zero-order valence-electron chi connectivity index (χ0n) is 30.0. The first-order valence-electron chi connectivity index (χ1n) is 17.1. The molecule has 25 heteroatoms. The predicted octanol–water partition coefficient (Wildman–Crippen LogP) is -5.55. The molecule has 3 rings (SSSR count). The van der Waals surface area contributed by atoms with Crippen molar-refractivity contribution < 1.29 is 38.7 Å². The van der Waals surface area contributed by atoms with Crippen LogP contribution in [-0.4, -0.2) is 138 Å². The average molecular weight is 803 g/mol. The fourth-order valence-electron chi connectivity index (χ4n) is 5.04. The number of imidazole rings is 3. The molecule has 6 amide bonds. The lowest BCUT2D eigenvalue weighted by atomic mass is 10.1. The first-order valence-corrected chi connectivity index (χ1v) is 17.7. The number of nitrogens with zero attached hydrogens (tertiary/aromatic N) is 4. The maximum atomic E-state index is 14.0. The van der Waals surface area contributed by atoms with Crippen molar-refractivity contribution in [1.29, 1.82) is 0 Å². The van der Waals surface area contributed by atoms with E-state index < -0.39 is 78.2 Å². The number of rotatable bonds is 24. The number of carboxylic acid groups (broad SMARTS) is 1. The van der Waals surface area contributed by atoms with Gasteiger partial charge in [-0.25, -0.2) is 19.7 Å². The van der Waals surface area contributed by atoms with Gasteiger partial charge in [0.1, 0.15) is 30.2 Å². The van der Waals surface area contributed by atoms with Crippen LogP contribution in [0.25, 0.3) is 0 Å². The smallest absolute Gasteiger partial charge is 0.326 e. The van der Waals surface area contributed by atoms with Crippen LogP contribution in [0.4, 0.5) is 0 Å². The first kappa shape index (κ1) is 43.9. The summed E-state index contributed by atoms with van der Waals surface area (Å²) in [6, 6.07) is -6.50. The summed E-state index contributed by atoms with van der Waals surface area (Å²) in [6.07, 6.45) is 8.09. The van der Waals surface area contributed by atoms with Gasteiger partial charge in [0.2, 0.25) is 35.4 Å². The molecule has 16 N–H and O–H groups in total. The van der Waals surface area contributed by atoms with Crippen LogP contribution in [0.3, 0.4) is 0 Å². The summed E-state index contributed by atoms with van der Waals surface area (Å²) in [6.45, 7) is -0.844. The van der Waals surface area contributed by atoms with Crippen molar-refractivity contribution in [2.24, 2.45) is 22.2 Å². The second-order valence-electron chi connectivity index (χ2n) is 12.2. The van der Waals surface area contributed by atoms with Gasteiger partial charge >= 0.3 is 5.97 Å². The first-order chi connectivity index (χ1) is 26.8. The summed E-state index contributed by atoms with van der Waals surface area (Å²) in [5.74, 6) is -6.24. The predicted molar refractivity (Wildman–Crippen MR) is 200 cm³/mol. The van der Waals surface area contributed by atoms with Crippen LogP contribution in [0, 0.1) is 0 Å². The highest BCUT2D eigenvalue weighted by Gasteiger charge is 2.32. The Kier molecular flexibility index (Phi) is 17.8. The number of aromatic nitrogens is 6. The number of aliphatic carboxylic acids is 1. The van der Waals surface area contributed by atoms with Crippen LogP contribution < -0.4 is 49.1 Å². The normalized spacial score (nSPS) is 13.5. The van der Waals surface area contributed by atoms with E-state index in [2.05, 4.69) is 79.4 Å². The number of nitrogens with one attached hydrogen (secondary N) is 9. The second-order valence-corrected chi connectivity index (χ2v) is 12.5. The van der Waals surface area contributed by atoms with Crippen LogP contribution >= 0.6 is 12.6 Å². The number of carbonyl (C=O) groups is 7. The Hall–Kier alpha value is -6.50. The van der Waals surface area contributed by atoms with Crippen molar-refractivity contribution in [2.75, 3.05) is 25.4 Å². The molecule has 0 aliphatic heterocycles. The van der Waals surface area contributed by atoms with Gasteiger partial charge in [-0.15, -0.1) is 0 Å². The molecule has 3 heterocycles. The number of aliphatic imine (C=N–C) groups is 1. The summed E-state index contributed by atoms with van der Waals surface area (Å²) in [7, 11) is 0. The Morgan fingerprint density at radius 2 is 1.12 bits per heavy atom. The van der Waals surface area contributed by atoms with Crippen molar-refractivity contribution in [3.05, 3.63) is 54.7 Å². The molecule has 0 aliphatic rings. The average Bonchev–Trinajstić information content (AvgIpc) is 3.98. The van der Waals surface area contributed by atoms with Gasteiger partial charge in [-0.3, -0.25) is 33.8 Å². The highest BCUT2D eigenvalue weighted by Crippen LogP contribution is 2.07. The number of carbonyl (C=O) groups excluding carboxylic acids is 6. The number of hydrogen-bond acceptors (Lipinski definition) is 13. The minimum atomic E-state index is -1.38. The highest BCUT2D eigenvalue weighted by atomic mass is 32.1. The summed E-state index contributed by atoms with van der Waals surface area (Å²) in [4.78, 5) is 115. The van der Waals surface area contributed by atoms with Gasteiger partial charge in [0.25, 0.3) is 0 Å². The third-order valence-corrected chi connectivity index (χ3v) is 8.22. The number of aromatic amines is 3. The molecule has 56 heavy (non-hydrogen) atoms. The van der Waals surface area contributed by atoms with E-state index in [9.17, 15) is 38.7 Å². The number of thiol groups is 1. The van der Waals surface area contributed by atoms with E-state index in [0.29, 0.717) is 17.1 Å². The van der Waals surface area contributed by atoms with E-state index in [1.165, 1.54) is 37.6 Å². The van der Waals surface area contributed by atoms with Crippen molar-refractivity contribution >= 4 is 60.0 Å². The maximum Gasteiger partial charge on any atom is 0.326 e. The van der Waals surface area contributed by atoms with E-state index in [4.69, 9.17) is 17.2 Å². The van der Waals surface area contributed by atoms with Crippen molar-refractivity contribution in [3.63, 3.8) is 0 Å². The molecule has 3 aromatic heterocycles. The number of nitrogens with two attached hydrogens (primary N) is 3. The molecule has 0 unspecified atom stereocenters. The van der Waals surface area contributed by atoms with Gasteiger partial charge in [0.15, 0.2) is 5.96 Å². The Morgan fingerprint density at radius 1 is 0.679 bits per heavy atom. The molecule has 5 atom stereocenters. The summed E-state index contributed by atoms with van der Waals surface area (Å²) < 4.78 is 0. The molecule has 0 fully saturated rings. The molecule has 304 valence electrons. The van der Waals surface area contributed by atoms with Crippen molar-refractivity contribution in [3.8, 4) is 0 Å². The van der Waals surface area contributed by atoms with E-state index in [0.717, 1.165) is 0 Å². The fourth-order valence-corrected chi connectivity index (χ4v) is 5.29. The second kappa shape index (κ2) is 22.7. The quantitative estimate of drug-likeness (QED) is 0.0174. The Morgan fingerprint density at radius 3 is 1.52 bits per heavy atom. The van der Waals surface area contributed by atoms with Gasteiger partial charge in [0, 0.05) is 67.2 Å². The van der Waals surface area contributed by atoms with E-state index in [-0.39, 0.29) is 56.9 Å². The number of hydrogen-bond donors (Lipinski definition) is 14. The lowest BCUT2D eigenvalue weighted by Crippen LogP contribution is -2.59. The summed E-state index contributed by atoms with van der Waals surface area (Å²) in [5.41, 5.74) is 17.2. The lowest BCUT2D eigenvalue weighted by Gasteiger charge is -2.26. The minimum Gasteiger partial charge on any atom is -0.480 e. The number of amides is 6. The molecular weight excluding hydrogens is 757 g/mol. The van der Waals surface area contributed by atoms with Crippen LogP contribution in [-0.2, 0) is 52.8 Å². The Labute approximate surface area is 324 Å². The van der Waals surface area contributed by atoms with E-state index in [1.54, 1.807) is 0 Å². The standard InChI is InChI=1S/C31H46N16O8S/c32-7-24(48)44-23(12-56)26(50)39-11-25(49)43-20(4-16-8-35-13-40-16)27(51)46-22(6-18-10-37-15-42-18)29(53)47-21(5-17-9-36-14-41-17)28(52)45-19(30(54)55)2-1-3-38-31(33)34/h8-10,13-15,19-23,56H,1-7,11-12,32H2,(H,35,40)(H,36,41)(H,37,42)(H,39,50)(H,43,49)(H,44,48)(H,45,52)(H,46,51)(H,47,53)(H,54,55)(H4,33,34,38)/t19-,20-,21-,22-,23-/m0/s1. The summed E-state index contributed by atoms with van der Waals surface area (Å²) in [5, 5.41) is 24.7. The molecule has 0 radical (unpaired) electrons. The van der Waals surface area contributed by atoms with Crippen LogP contribution in [0.2, 0.25) is 0 Å². The van der Waals surface area contributed by atoms with Crippen molar-refractivity contribution in [2.45, 2.75) is 62.3 Å². The third-order valence-electron chi connectivity index (χ3n) is 7.86. The van der Waals surface area contributed by atoms with Gasteiger partial charge in [-0.2, -0.15) is 12.6 Å². The van der Waals surface area contributed by atoms with E-state index in [1.807, 2.05) is 0 Å². The van der Waals surface area contributed by atoms with Gasteiger partial charge in [0.05, 0.1) is 32.1 Å². The zero-order valence-corrected chi connectivity index (χ0v) is 30.9. The molecule has 0 bridgehead atoms. The number of guanidine groups is 1. The zero-order chi connectivity index (χ0) is 41.0. The van der Waals surface area contributed by atoms with Crippen LogP contribution in [0.15, 0.2) is 42.6 Å². The molecule has 0 saturated heterocycles. The topological polar surface area (TPSA) is 388 Å². The minimum absolute atomic E-state index is 0.0329. The van der Waals surface area contributed by atoms with Crippen LogP contribution in [0.5, 0.6) is 0 Å². The van der Waals surface area contributed by atoms with Crippen LogP contribution in [0.1, 0.15) is 29.9 Å². The molecule has 3 aromatic rings. The molecule has 0 aliphatic carbocycles. The molecular formula is C31H46N16O8S. The molecule has 0 saturated carbocycles. The number of H-pyrrole nitrogens is 3. The maximum absolute atomic E-state index is 14.0. The third kappa shape index (κ3) is 15.1. The molecule has 24 nitrogen and oxygen atoms in total. The van der Waals surface area contributed by atoms with Gasteiger partial charge in [-0.05, 0) is 12.8 Å². The molecule has 0 spiro atoms. The van der Waals surface area contributed by atoms with Gasteiger partial charge < -0.3 is 69.2 Å². The summed E-state index contributed by atoms with van der Waals surface area (Å²) >= 11 is 4.04. The SMILES string of the molecule is NCC(=O)N[C@@H](CS)C(=O)NCC(=O)N[C@@H](Cc1cnc[nH]1)C(=O)N[C@@H](Cc1cnc[nH]1)C(=O)N[C@@H](Cc1cnc[nH]1)C(=O)N[C@@H](CCCN=C(N)N)C(=O)O. The van der Waals surface area contributed by atoms with Crippen molar-refractivity contribution in [1.82, 2.24) is 61.8 Å². The highest BCUT2D eigenvalue weighted by molar-refractivity contribution is 7.80. The molecule has 0 aromatic carbocycles. The lowest BCUT2D eigenvalue weighted by molar-refractivity contribution is -0.142. The Bertz CT molecular complexity index is 1770. The Balaban J connectivity index is 1.80. The monoisotopic (exact) mass is 802 g/mol. The van der Waals surface area contributed by atoms with Gasteiger partial charge in [-0.1, -0.05) is 0 Å². The van der Waals surface area contributed by atoms with E-state index >= 15 is 0 Å².